The van der Waals surface area contributed by atoms with Gasteiger partial charge in [0.1, 0.15) is 0 Å². The fourth-order valence-corrected chi connectivity index (χ4v) is 2.12. The van der Waals surface area contributed by atoms with Crippen molar-refractivity contribution in [3.8, 4) is 0 Å². The van der Waals surface area contributed by atoms with Gasteiger partial charge in [-0.15, -0.1) is 0 Å². The topological polar surface area (TPSA) is 25.4 Å². The van der Waals surface area contributed by atoms with Gasteiger partial charge in [-0.05, 0) is 17.7 Å². The van der Waals surface area contributed by atoms with Crippen LogP contribution in [-0.4, -0.2) is 41.6 Å². The largest absolute Gasteiger partial charge is 0.379 e. The van der Waals surface area contributed by atoms with Crippen LogP contribution < -0.4 is 0 Å². The Morgan fingerprint density at radius 3 is 2.60 bits per heavy atom. The van der Waals surface area contributed by atoms with Crippen molar-refractivity contribution in [1.82, 2.24) is 9.88 Å². The summed E-state index contributed by atoms with van der Waals surface area (Å²) in [5.41, 5.74) is 1.21. The number of hydrogen-bond acceptors (Lipinski definition) is 4. The van der Waals surface area contributed by atoms with Crippen LogP contribution in [0, 0.1) is 0 Å². The quantitative estimate of drug-likeness (QED) is 0.723. The summed E-state index contributed by atoms with van der Waals surface area (Å²) in [5.74, 6) is 0. The summed E-state index contributed by atoms with van der Waals surface area (Å²) in [4.78, 5) is 6.36. The lowest BCUT2D eigenvalue weighted by molar-refractivity contribution is 0.0297. The molecule has 3 nitrogen and oxygen atoms in total. The van der Waals surface area contributed by atoms with Gasteiger partial charge in [0.25, 0.3) is 0 Å². The van der Waals surface area contributed by atoms with E-state index in [4.69, 9.17) is 17.0 Å². The van der Waals surface area contributed by atoms with Gasteiger partial charge in [0.05, 0.1) is 19.3 Å². The molecule has 0 bridgehead atoms. The summed E-state index contributed by atoms with van der Waals surface area (Å²) >= 11 is 5.11. The van der Waals surface area contributed by atoms with Gasteiger partial charge < -0.3 is 4.74 Å². The molecule has 0 spiro atoms. The molecule has 1 aromatic heterocycles. The van der Waals surface area contributed by atoms with Crippen LogP contribution in [-0.2, 0) is 4.74 Å². The molecule has 0 aromatic carbocycles. The number of nitrogens with zero attached hydrogens (tertiary/aromatic N) is 2. The molecule has 2 rings (SSSR count). The van der Waals surface area contributed by atoms with Crippen molar-refractivity contribution in [2.75, 3.05) is 26.3 Å². The highest BCUT2D eigenvalue weighted by molar-refractivity contribution is 7.79. The molecule has 15 heavy (non-hydrogen) atoms. The fraction of sp³-hybridized carbons (Fsp3) is 0.455. The smallest absolute Gasteiger partial charge is 0.0637 e. The van der Waals surface area contributed by atoms with Crippen LogP contribution in [0.2, 0.25) is 0 Å². The Morgan fingerprint density at radius 2 is 2.00 bits per heavy atom. The summed E-state index contributed by atoms with van der Waals surface area (Å²) in [6.07, 6.45) is 3.61. The molecule has 0 aliphatic carbocycles. The van der Waals surface area contributed by atoms with Crippen molar-refractivity contribution in [1.29, 1.82) is 0 Å². The van der Waals surface area contributed by atoms with Gasteiger partial charge in [0.2, 0.25) is 0 Å². The van der Waals surface area contributed by atoms with E-state index >= 15 is 0 Å². The Hall–Kier alpha value is -0.840. The molecule has 2 heterocycles. The van der Waals surface area contributed by atoms with E-state index in [2.05, 4.69) is 9.88 Å². The second-order valence-electron chi connectivity index (χ2n) is 3.51. The highest BCUT2D eigenvalue weighted by atomic mass is 32.1. The van der Waals surface area contributed by atoms with E-state index in [0.29, 0.717) is 0 Å². The summed E-state index contributed by atoms with van der Waals surface area (Å²) in [7, 11) is 0. The molecule has 1 aliphatic rings. The van der Waals surface area contributed by atoms with Crippen LogP contribution in [0.3, 0.4) is 0 Å². The lowest BCUT2D eigenvalue weighted by Crippen LogP contribution is -2.39. The minimum Gasteiger partial charge on any atom is -0.379 e. The van der Waals surface area contributed by atoms with Crippen LogP contribution in [0.4, 0.5) is 0 Å². The standard InChI is InChI=1S/C11H14N2OS/c15-9-11(10-1-3-12-4-2-10)13-5-7-14-8-6-13/h1-4,9,11H,5-8H2. The van der Waals surface area contributed by atoms with Crippen LogP contribution in [0.25, 0.3) is 0 Å². The van der Waals surface area contributed by atoms with Gasteiger partial charge in [-0.2, -0.15) is 0 Å². The molecular weight excluding hydrogens is 208 g/mol. The minimum absolute atomic E-state index is 0.215. The zero-order valence-corrected chi connectivity index (χ0v) is 9.32. The van der Waals surface area contributed by atoms with Gasteiger partial charge in [-0.1, -0.05) is 12.2 Å². The van der Waals surface area contributed by atoms with Crippen LogP contribution >= 0.6 is 12.2 Å². The van der Waals surface area contributed by atoms with E-state index in [1.165, 1.54) is 5.56 Å². The molecule has 1 aliphatic heterocycles. The SMILES string of the molecule is S=CC(c1ccncc1)N1CCOCC1. The number of morpholine rings is 1. The first kappa shape index (κ1) is 10.7. The summed E-state index contributed by atoms with van der Waals surface area (Å²) in [6.45, 7) is 3.48. The third kappa shape index (κ3) is 2.59. The van der Waals surface area contributed by atoms with Gasteiger partial charge in [-0.3, -0.25) is 9.88 Å². The molecule has 0 radical (unpaired) electrons. The predicted molar refractivity (Wildman–Crippen MR) is 63.0 cm³/mol. The molecule has 1 fully saturated rings. The summed E-state index contributed by atoms with van der Waals surface area (Å²) in [6, 6.07) is 4.25. The van der Waals surface area contributed by atoms with Gasteiger partial charge in [0, 0.05) is 30.9 Å². The Kier molecular flexibility index (Phi) is 3.77. The van der Waals surface area contributed by atoms with Crippen molar-refractivity contribution in [3.05, 3.63) is 30.1 Å². The van der Waals surface area contributed by atoms with E-state index < -0.39 is 0 Å². The lowest BCUT2D eigenvalue weighted by Gasteiger charge is -2.32. The Balaban J connectivity index is 2.12. The van der Waals surface area contributed by atoms with E-state index in [0.717, 1.165) is 26.3 Å². The highest BCUT2D eigenvalue weighted by Crippen LogP contribution is 2.19. The molecule has 1 atom stereocenters. The molecule has 1 saturated heterocycles. The van der Waals surface area contributed by atoms with Gasteiger partial charge in [0.15, 0.2) is 0 Å². The molecule has 1 aromatic rings. The summed E-state index contributed by atoms with van der Waals surface area (Å²) in [5, 5.41) is 1.82. The maximum atomic E-state index is 5.33. The third-order valence-electron chi connectivity index (χ3n) is 2.62. The minimum atomic E-state index is 0.215. The first-order chi connectivity index (χ1) is 7.42. The van der Waals surface area contributed by atoms with E-state index in [1.807, 2.05) is 29.9 Å². The Bertz CT molecular complexity index is 312. The van der Waals surface area contributed by atoms with Crippen LogP contribution in [0.1, 0.15) is 11.6 Å². The zero-order valence-electron chi connectivity index (χ0n) is 8.50. The van der Waals surface area contributed by atoms with Crippen LogP contribution in [0.5, 0.6) is 0 Å². The summed E-state index contributed by atoms with van der Waals surface area (Å²) < 4.78 is 5.33. The molecule has 1 unspecified atom stereocenters. The zero-order chi connectivity index (χ0) is 10.5. The van der Waals surface area contributed by atoms with E-state index in [1.54, 1.807) is 0 Å². The number of hydrogen-bond donors (Lipinski definition) is 0. The molecule has 0 amide bonds. The second-order valence-corrected chi connectivity index (χ2v) is 3.78. The van der Waals surface area contributed by atoms with Gasteiger partial charge >= 0.3 is 0 Å². The number of aromatic nitrogens is 1. The lowest BCUT2D eigenvalue weighted by atomic mass is 10.1. The predicted octanol–water partition coefficient (Wildman–Crippen LogP) is 1.45. The van der Waals surface area contributed by atoms with Crippen molar-refractivity contribution >= 4 is 17.6 Å². The van der Waals surface area contributed by atoms with Crippen molar-refractivity contribution in [2.45, 2.75) is 6.04 Å². The highest BCUT2D eigenvalue weighted by Gasteiger charge is 2.19. The fourth-order valence-electron chi connectivity index (χ4n) is 1.79. The van der Waals surface area contributed by atoms with E-state index in [-0.39, 0.29) is 6.04 Å². The second kappa shape index (κ2) is 5.30. The molecule has 0 N–H and O–H groups in total. The normalized spacial score (nSPS) is 19.7. The van der Waals surface area contributed by atoms with Crippen LogP contribution in [0.15, 0.2) is 24.5 Å². The maximum Gasteiger partial charge on any atom is 0.0637 e. The number of thiocarbonyl (C=S) groups is 1. The van der Waals surface area contributed by atoms with Gasteiger partial charge in [-0.25, -0.2) is 0 Å². The van der Waals surface area contributed by atoms with E-state index in [9.17, 15) is 0 Å². The molecule has 0 saturated carbocycles. The molecular formula is C11H14N2OS. The first-order valence-electron chi connectivity index (χ1n) is 5.09. The molecule has 4 heteroatoms. The monoisotopic (exact) mass is 222 g/mol. The first-order valence-corrected chi connectivity index (χ1v) is 5.56. The number of rotatable bonds is 3. The maximum absolute atomic E-state index is 5.33. The Labute approximate surface area is 95.1 Å². The third-order valence-corrected chi connectivity index (χ3v) is 2.87. The number of ether oxygens (including phenoxy) is 1. The van der Waals surface area contributed by atoms with Crippen molar-refractivity contribution < 1.29 is 4.74 Å². The molecule has 80 valence electrons. The van der Waals surface area contributed by atoms with Crippen molar-refractivity contribution in [2.24, 2.45) is 0 Å². The average Bonchev–Trinajstić information content (AvgIpc) is 2.33. The number of pyridine rings is 1. The Morgan fingerprint density at radius 1 is 1.33 bits per heavy atom. The average molecular weight is 222 g/mol. The van der Waals surface area contributed by atoms with Crippen molar-refractivity contribution in [3.63, 3.8) is 0 Å².